The van der Waals surface area contributed by atoms with Crippen LogP contribution in [0.25, 0.3) is 0 Å². The first-order chi connectivity index (χ1) is 14.6. The van der Waals surface area contributed by atoms with Crippen molar-refractivity contribution in [2.75, 3.05) is 26.2 Å². The number of alkyl halides is 3. The molecule has 1 aliphatic heterocycles. The summed E-state index contributed by atoms with van der Waals surface area (Å²) in [6.07, 6.45) is -0.424. The number of likely N-dealkylation sites (tertiary alicyclic amines) is 1. The van der Waals surface area contributed by atoms with Gasteiger partial charge in [0.05, 0.1) is 6.54 Å². The molecule has 1 saturated heterocycles. The lowest BCUT2D eigenvalue weighted by Gasteiger charge is -2.53. The fraction of sp³-hybridized carbons (Fsp3) is 0.636. The molecule has 0 radical (unpaired) electrons. The molecule has 0 bridgehead atoms. The Kier molecular flexibility index (Phi) is 5.98. The lowest BCUT2D eigenvalue weighted by molar-refractivity contribution is -0.171. The number of rotatable bonds is 6. The van der Waals surface area contributed by atoms with Crippen LogP contribution in [0.15, 0.2) is 24.3 Å². The summed E-state index contributed by atoms with van der Waals surface area (Å²) in [5, 5.41) is 5.70. The summed E-state index contributed by atoms with van der Waals surface area (Å²) in [6.45, 7) is 2.15. The maximum Gasteiger partial charge on any atom is 0.411 e. The van der Waals surface area contributed by atoms with Gasteiger partial charge in [0.15, 0.2) is 0 Å². The maximum absolute atomic E-state index is 13.0. The predicted octanol–water partition coefficient (Wildman–Crippen LogP) is 3.77. The fourth-order valence-electron chi connectivity index (χ4n) is 4.91. The lowest BCUT2D eigenvalue weighted by atomic mass is 9.66. The predicted molar refractivity (Wildman–Crippen MR) is 111 cm³/mol. The smallest absolute Gasteiger partial charge is 0.352 e. The van der Waals surface area contributed by atoms with Crippen LogP contribution in [0.1, 0.15) is 48.9 Å². The Morgan fingerprint density at radius 3 is 2.39 bits per heavy atom. The van der Waals surface area contributed by atoms with Gasteiger partial charge >= 0.3 is 6.18 Å². The van der Waals surface area contributed by atoms with Crippen molar-refractivity contribution in [3.05, 3.63) is 34.9 Å². The molecule has 3 fully saturated rings. The molecule has 1 aromatic carbocycles. The molecule has 2 aliphatic carbocycles. The highest BCUT2D eigenvalue weighted by atomic mass is 35.5. The van der Waals surface area contributed by atoms with Crippen LogP contribution in [-0.2, 0) is 4.79 Å². The molecule has 2 saturated carbocycles. The Labute approximate surface area is 184 Å². The minimum Gasteiger partial charge on any atom is -0.352 e. The molecule has 1 spiro atoms. The first-order valence-electron chi connectivity index (χ1n) is 10.7. The SMILES string of the molecule is O=C(CN1CC2(CCC(CNC(=O)c3cccc(Cl)c3)CC2)C1)NC1(C(F)(F)F)CC1. The largest absolute Gasteiger partial charge is 0.411 e. The normalized spacial score (nSPS) is 22.6. The van der Waals surface area contributed by atoms with Crippen LogP contribution in [0.3, 0.4) is 0 Å². The number of carbonyl (C=O) groups excluding carboxylic acids is 2. The van der Waals surface area contributed by atoms with E-state index in [2.05, 4.69) is 10.6 Å². The Bertz CT molecular complexity index is 841. The van der Waals surface area contributed by atoms with Crippen molar-refractivity contribution in [2.24, 2.45) is 11.3 Å². The lowest BCUT2D eigenvalue weighted by Crippen LogP contribution is -2.61. The van der Waals surface area contributed by atoms with E-state index in [-0.39, 0.29) is 30.7 Å². The Hall–Kier alpha value is -1.80. The summed E-state index contributed by atoms with van der Waals surface area (Å²) >= 11 is 5.93. The van der Waals surface area contributed by atoms with E-state index < -0.39 is 17.6 Å². The van der Waals surface area contributed by atoms with Gasteiger partial charge in [0.2, 0.25) is 5.91 Å². The first kappa shape index (κ1) is 22.4. The Balaban J connectivity index is 1.16. The van der Waals surface area contributed by atoms with Crippen LogP contribution in [0.2, 0.25) is 5.02 Å². The van der Waals surface area contributed by atoms with Gasteiger partial charge in [0.1, 0.15) is 5.54 Å². The molecular formula is C22H27ClF3N3O2. The molecule has 0 atom stereocenters. The molecule has 170 valence electrons. The summed E-state index contributed by atoms with van der Waals surface area (Å²) in [7, 11) is 0. The molecule has 3 aliphatic rings. The van der Waals surface area contributed by atoms with E-state index in [0.717, 1.165) is 38.8 Å². The highest BCUT2D eigenvalue weighted by Gasteiger charge is 2.64. The highest BCUT2D eigenvalue weighted by Crippen LogP contribution is 2.49. The van der Waals surface area contributed by atoms with Gasteiger partial charge in [0, 0.05) is 30.2 Å². The molecule has 0 unspecified atom stereocenters. The van der Waals surface area contributed by atoms with Gasteiger partial charge in [0.25, 0.3) is 5.91 Å². The number of hydrogen-bond donors (Lipinski definition) is 2. The number of amides is 2. The molecule has 0 aromatic heterocycles. The van der Waals surface area contributed by atoms with Crippen LogP contribution in [-0.4, -0.2) is 54.6 Å². The summed E-state index contributed by atoms with van der Waals surface area (Å²) in [4.78, 5) is 26.3. The molecular weight excluding hydrogens is 431 g/mol. The van der Waals surface area contributed by atoms with E-state index in [1.807, 2.05) is 4.90 Å². The molecule has 2 amide bonds. The number of carbonyl (C=O) groups is 2. The van der Waals surface area contributed by atoms with Crippen molar-refractivity contribution >= 4 is 23.4 Å². The number of benzene rings is 1. The van der Waals surface area contributed by atoms with Crippen LogP contribution in [0.4, 0.5) is 13.2 Å². The van der Waals surface area contributed by atoms with Gasteiger partial charge in [-0.05, 0) is 68.1 Å². The minimum atomic E-state index is -4.38. The van der Waals surface area contributed by atoms with E-state index >= 15 is 0 Å². The summed E-state index contributed by atoms with van der Waals surface area (Å²) < 4.78 is 38.9. The van der Waals surface area contributed by atoms with Crippen LogP contribution >= 0.6 is 11.6 Å². The van der Waals surface area contributed by atoms with Crippen molar-refractivity contribution in [3.8, 4) is 0 Å². The average Bonchev–Trinajstić information content (AvgIpc) is 3.46. The van der Waals surface area contributed by atoms with Gasteiger partial charge in [-0.25, -0.2) is 0 Å². The topological polar surface area (TPSA) is 61.4 Å². The van der Waals surface area contributed by atoms with E-state index in [1.165, 1.54) is 0 Å². The number of nitrogens with zero attached hydrogens (tertiary/aromatic N) is 1. The van der Waals surface area contributed by atoms with Crippen molar-refractivity contribution in [2.45, 2.75) is 50.2 Å². The highest BCUT2D eigenvalue weighted by molar-refractivity contribution is 6.30. The van der Waals surface area contributed by atoms with E-state index in [4.69, 9.17) is 11.6 Å². The van der Waals surface area contributed by atoms with Crippen molar-refractivity contribution in [1.29, 1.82) is 0 Å². The number of halogens is 4. The van der Waals surface area contributed by atoms with E-state index in [9.17, 15) is 22.8 Å². The van der Waals surface area contributed by atoms with Crippen LogP contribution in [0, 0.1) is 11.3 Å². The number of nitrogens with one attached hydrogen (secondary N) is 2. The summed E-state index contributed by atoms with van der Waals surface area (Å²) in [5.41, 5.74) is -1.28. The van der Waals surface area contributed by atoms with Gasteiger partial charge in [-0.3, -0.25) is 14.5 Å². The van der Waals surface area contributed by atoms with Gasteiger partial charge in [-0.15, -0.1) is 0 Å². The third-order valence-corrected chi connectivity index (χ3v) is 7.20. The zero-order valence-electron chi connectivity index (χ0n) is 17.2. The third-order valence-electron chi connectivity index (χ3n) is 6.96. The molecule has 9 heteroatoms. The standard InChI is InChI=1S/C22H27ClF3N3O2/c23-17-3-1-2-16(10-17)19(31)27-11-15-4-6-20(7-5-15)13-29(14-20)12-18(30)28-21(8-9-21)22(24,25)26/h1-3,10,15H,4-9,11-14H2,(H,27,31)(H,28,30). The van der Waals surface area contributed by atoms with Gasteiger partial charge < -0.3 is 10.6 Å². The summed E-state index contributed by atoms with van der Waals surface area (Å²) in [5.74, 6) is -0.259. The molecule has 1 aromatic rings. The van der Waals surface area contributed by atoms with Crippen molar-refractivity contribution in [1.82, 2.24) is 15.5 Å². The Morgan fingerprint density at radius 2 is 1.81 bits per heavy atom. The maximum atomic E-state index is 13.0. The van der Waals surface area contributed by atoms with Crippen molar-refractivity contribution in [3.63, 3.8) is 0 Å². The zero-order chi connectivity index (χ0) is 22.3. The second kappa shape index (κ2) is 8.28. The zero-order valence-corrected chi connectivity index (χ0v) is 18.0. The summed E-state index contributed by atoms with van der Waals surface area (Å²) in [6, 6.07) is 6.85. The molecule has 1 heterocycles. The monoisotopic (exact) mass is 457 g/mol. The van der Waals surface area contributed by atoms with Crippen LogP contribution < -0.4 is 10.6 Å². The van der Waals surface area contributed by atoms with E-state index in [1.54, 1.807) is 24.3 Å². The third kappa shape index (κ3) is 5.00. The number of hydrogen-bond acceptors (Lipinski definition) is 3. The quantitative estimate of drug-likeness (QED) is 0.683. The van der Waals surface area contributed by atoms with Crippen molar-refractivity contribution < 1.29 is 22.8 Å². The van der Waals surface area contributed by atoms with Crippen LogP contribution in [0.5, 0.6) is 0 Å². The van der Waals surface area contributed by atoms with Gasteiger partial charge in [-0.2, -0.15) is 13.2 Å². The van der Waals surface area contributed by atoms with E-state index in [0.29, 0.717) is 23.0 Å². The first-order valence-corrected chi connectivity index (χ1v) is 11.1. The fourth-order valence-corrected chi connectivity index (χ4v) is 5.10. The second-order valence-corrected chi connectivity index (χ2v) is 9.87. The molecule has 31 heavy (non-hydrogen) atoms. The van der Waals surface area contributed by atoms with Gasteiger partial charge in [-0.1, -0.05) is 17.7 Å². The molecule has 5 nitrogen and oxygen atoms in total. The molecule has 4 rings (SSSR count). The molecule has 2 N–H and O–H groups in total. The Morgan fingerprint density at radius 1 is 1.13 bits per heavy atom. The minimum absolute atomic E-state index is 0.0264. The average molecular weight is 458 g/mol. The second-order valence-electron chi connectivity index (χ2n) is 9.44.